The van der Waals surface area contributed by atoms with E-state index in [9.17, 15) is 4.79 Å². The van der Waals surface area contributed by atoms with E-state index in [1.807, 2.05) is 18.4 Å². The lowest BCUT2D eigenvalue weighted by Gasteiger charge is -2.10. The lowest BCUT2D eigenvalue weighted by Crippen LogP contribution is -2.02. The summed E-state index contributed by atoms with van der Waals surface area (Å²) in [4.78, 5) is 20.3. The first-order valence-electron chi connectivity index (χ1n) is 6.58. The molecule has 0 atom stereocenters. The van der Waals surface area contributed by atoms with Crippen LogP contribution in [0.5, 0.6) is 5.75 Å². The van der Waals surface area contributed by atoms with Gasteiger partial charge in [-0.05, 0) is 24.5 Å². The van der Waals surface area contributed by atoms with Gasteiger partial charge in [-0.2, -0.15) is 5.10 Å². The van der Waals surface area contributed by atoms with Crippen LogP contribution in [0.1, 0.15) is 17.4 Å². The van der Waals surface area contributed by atoms with Gasteiger partial charge in [0.05, 0.1) is 30.7 Å². The van der Waals surface area contributed by atoms with Crippen molar-refractivity contribution in [3.05, 3.63) is 36.3 Å². The van der Waals surface area contributed by atoms with Crippen molar-refractivity contribution < 1.29 is 9.53 Å². The van der Waals surface area contributed by atoms with Crippen molar-refractivity contribution >= 4 is 23.1 Å². The number of pyridine rings is 1. The first-order chi connectivity index (χ1) is 10.6. The maximum atomic E-state index is 11.6. The predicted molar refractivity (Wildman–Crippen MR) is 84.6 cm³/mol. The van der Waals surface area contributed by atoms with Crippen LogP contribution in [0.15, 0.2) is 35.7 Å². The molecule has 112 valence electrons. The quantitative estimate of drug-likeness (QED) is 0.419. The van der Waals surface area contributed by atoms with E-state index in [0.29, 0.717) is 11.4 Å². The van der Waals surface area contributed by atoms with Crippen molar-refractivity contribution in [2.45, 2.75) is 12.1 Å². The molecule has 0 fully saturated rings. The number of hydrogen-bond donors (Lipinski definition) is 0. The summed E-state index contributed by atoms with van der Waals surface area (Å²) in [6.07, 6.45) is 5.22. The zero-order valence-corrected chi connectivity index (χ0v) is 13.2. The fraction of sp³-hybridized carbons (Fsp3) is 0.200. The highest BCUT2D eigenvalue weighted by atomic mass is 32.2. The highest BCUT2D eigenvalue weighted by Crippen LogP contribution is 2.31. The summed E-state index contributed by atoms with van der Waals surface area (Å²) < 4.78 is 7.13. The summed E-state index contributed by atoms with van der Waals surface area (Å²) in [5, 5.41) is 5.01. The maximum absolute atomic E-state index is 11.6. The normalized spacial score (nSPS) is 10.9. The molecule has 0 unspecified atom stereocenters. The van der Waals surface area contributed by atoms with Crippen LogP contribution in [0, 0.1) is 0 Å². The van der Waals surface area contributed by atoms with Gasteiger partial charge in [-0.3, -0.25) is 4.79 Å². The van der Waals surface area contributed by atoms with Gasteiger partial charge in [0, 0.05) is 12.5 Å². The van der Waals surface area contributed by atoms with Gasteiger partial charge in [-0.1, -0.05) is 11.8 Å². The van der Waals surface area contributed by atoms with E-state index < -0.39 is 0 Å². The standard InChI is InChI=1S/C15H14N4O2S/c1-9(20)12-7-11(14(21-2)8-16-12)13-6-10-4-5-17-19(10)15(18-13)22-3/h4-8H,1-3H3. The Morgan fingerprint density at radius 1 is 1.36 bits per heavy atom. The average Bonchev–Trinajstić information content (AvgIpc) is 3.01. The summed E-state index contributed by atoms with van der Waals surface area (Å²) in [7, 11) is 1.57. The molecule has 0 saturated heterocycles. The Morgan fingerprint density at radius 3 is 2.86 bits per heavy atom. The van der Waals surface area contributed by atoms with Crippen molar-refractivity contribution in [3.8, 4) is 17.0 Å². The van der Waals surface area contributed by atoms with Gasteiger partial charge in [0.15, 0.2) is 10.9 Å². The van der Waals surface area contributed by atoms with Crippen LogP contribution in [-0.4, -0.2) is 38.7 Å². The second-order valence-corrected chi connectivity index (χ2v) is 5.40. The second-order valence-electron chi connectivity index (χ2n) is 4.62. The van der Waals surface area contributed by atoms with E-state index in [-0.39, 0.29) is 5.78 Å². The third-order valence-electron chi connectivity index (χ3n) is 3.26. The predicted octanol–water partition coefficient (Wildman–Crippen LogP) is 2.72. The van der Waals surface area contributed by atoms with Crippen LogP contribution >= 0.6 is 11.8 Å². The number of nitrogens with zero attached hydrogens (tertiary/aromatic N) is 4. The number of thioether (sulfide) groups is 1. The number of Topliss-reactive ketones (excluding diaryl/α,β-unsaturated/α-hetero) is 1. The highest BCUT2D eigenvalue weighted by molar-refractivity contribution is 7.98. The van der Waals surface area contributed by atoms with Crippen molar-refractivity contribution in [1.82, 2.24) is 19.6 Å². The van der Waals surface area contributed by atoms with Crippen molar-refractivity contribution in [1.29, 1.82) is 0 Å². The summed E-state index contributed by atoms with van der Waals surface area (Å²) in [5.41, 5.74) is 2.77. The van der Waals surface area contributed by atoms with Crippen LogP contribution in [0.4, 0.5) is 0 Å². The molecular formula is C15H14N4O2S. The molecule has 0 aromatic carbocycles. The molecule has 0 radical (unpaired) electrons. The van der Waals surface area contributed by atoms with Crippen LogP contribution < -0.4 is 4.74 Å². The fourth-order valence-corrected chi connectivity index (χ4v) is 2.69. The minimum Gasteiger partial charge on any atom is -0.494 e. The van der Waals surface area contributed by atoms with Crippen molar-refractivity contribution in [3.63, 3.8) is 0 Å². The monoisotopic (exact) mass is 314 g/mol. The van der Waals surface area contributed by atoms with Gasteiger partial charge in [0.1, 0.15) is 11.4 Å². The third kappa shape index (κ3) is 2.43. The van der Waals surface area contributed by atoms with E-state index >= 15 is 0 Å². The number of ketones is 1. The molecule has 3 heterocycles. The first kappa shape index (κ1) is 14.5. The van der Waals surface area contributed by atoms with Crippen LogP contribution in [-0.2, 0) is 0 Å². The molecule has 6 nitrogen and oxygen atoms in total. The zero-order valence-electron chi connectivity index (χ0n) is 12.4. The Bertz CT molecular complexity index is 860. The second kappa shape index (κ2) is 5.76. The number of aromatic nitrogens is 4. The van der Waals surface area contributed by atoms with Gasteiger partial charge in [0.25, 0.3) is 0 Å². The summed E-state index contributed by atoms with van der Waals surface area (Å²) in [6.45, 7) is 1.49. The molecule has 0 amide bonds. The number of hydrogen-bond acceptors (Lipinski definition) is 6. The van der Waals surface area contributed by atoms with Gasteiger partial charge in [-0.15, -0.1) is 0 Å². The average molecular weight is 314 g/mol. The Balaban J connectivity index is 2.25. The molecule has 0 N–H and O–H groups in total. The summed E-state index contributed by atoms with van der Waals surface area (Å²) in [6, 6.07) is 5.53. The maximum Gasteiger partial charge on any atom is 0.189 e. The largest absolute Gasteiger partial charge is 0.494 e. The number of methoxy groups -OCH3 is 1. The lowest BCUT2D eigenvalue weighted by molar-refractivity contribution is 0.101. The Kier molecular flexibility index (Phi) is 3.81. The van der Waals surface area contributed by atoms with Crippen LogP contribution in [0.25, 0.3) is 16.8 Å². The minimum atomic E-state index is -0.0978. The van der Waals surface area contributed by atoms with Gasteiger partial charge in [-0.25, -0.2) is 14.5 Å². The van der Waals surface area contributed by atoms with Gasteiger partial charge >= 0.3 is 0 Å². The molecular weight excluding hydrogens is 300 g/mol. The minimum absolute atomic E-state index is 0.0978. The smallest absolute Gasteiger partial charge is 0.189 e. The van der Waals surface area contributed by atoms with E-state index in [2.05, 4.69) is 15.1 Å². The van der Waals surface area contributed by atoms with E-state index in [4.69, 9.17) is 4.74 Å². The molecule has 0 bridgehead atoms. The molecule has 3 rings (SSSR count). The Hall–Kier alpha value is -2.41. The molecule has 0 aliphatic rings. The molecule has 0 aliphatic heterocycles. The molecule has 0 spiro atoms. The topological polar surface area (TPSA) is 69.4 Å². The first-order valence-corrected chi connectivity index (χ1v) is 7.80. The molecule has 3 aromatic heterocycles. The number of carbonyl (C=O) groups excluding carboxylic acids is 1. The molecule has 22 heavy (non-hydrogen) atoms. The Labute approximate surface area is 131 Å². The number of ether oxygens (including phenoxy) is 1. The molecule has 7 heteroatoms. The van der Waals surface area contributed by atoms with E-state index in [0.717, 1.165) is 21.9 Å². The number of fused-ring (bicyclic) bond motifs is 1. The zero-order chi connectivity index (χ0) is 15.7. The molecule has 0 aliphatic carbocycles. The van der Waals surface area contributed by atoms with Crippen LogP contribution in [0.3, 0.4) is 0 Å². The van der Waals surface area contributed by atoms with Crippen LogP contribution in [0.2, 0.25) is 0 Å². The molecule has 3 aromatic rings. The van der Waals surface area contributed by atoms with Gasteiger partial charge < -0.3 is 4.74 Å². The summed E-state index contributed by atoms with van der Waals surface area (Å²) in [5.74, 6) is 0.479. The Morgan fingerprint density at radius 2 is 2.18 bits per heavy atom. The summed E-state index contributed by atoms with van der Waals surface area (Å²) >= 11 is 1.50. The third-order valence-corrected chi connectivity index (χ3v) is 3.89. The van der Waals surface area contributed by atoms with E-state index in [1.54, 1.807) is 30.1 Å². The highest BCUT2D eigenvalue weighted by Gasteiger charge is 2.14. The van der Waals surface area contributed by atoms with E-state index in [1.165, 1.54) is 18.7 Å². The number of rotatable bonds is 4. The lowest BCUT2D eigenvalue weighted by atomic mass is 10.1. The van der Waals surface area contributed by atoms with Crippen molar-refractivity contribution in [2.24, 2.45) is 0 Å². The fourth-order valence-electron chi connectivity index (χ4n) is 2.17. The van der Waals surface area contributed by atoms with Gasteiger partial charge in [0.2, 0.25) is 0 Å². The SMILES string of the molecule is COc1cnc(C(C)=O)cc1-c1cc2ccnn2c(SC)n1. The molecule has 0 saturated carbocycles. The number of carbonyl (C=O) groups is 1. The van der Waals surface area contributed by atoms with Crippen molar-refractivity contribution in [2.75, 3.05) is 13.4 Å².